The van der Waals surface area contributed by atoms with Crippen LogP contribution in [0, 0.1) is 0 Å². The third kappa shape index (κ3) is 4.04. The summed E-state index contributed by atoms with van der Waals surface area (Å²) in [4.78, 5) is 24.5. The molecule has 1 aromatic carbocycles. The van der Waals surface area contributed by atoms with Crippen LogP contribution in [0.4, 0.5) is 10.5 Å². The first-order chi connectivity index (χ1) is 12.4. The summed E-state index contributed by atoms with van der Waals surface area (Å²) in [6, 6.07) is 6.68. The van der Waals surface area contributed by atoms with Crippen molar-refractivity contribution >= 4 is 17.6 Å². The van der Waals surface area contributed by atoms with Crippen LogP contribution in [0.5, 0.6) is 0 Å². The number of nitrogens with one attached hydrogen (secondary N) is 3. The maximum atomic E-state index is 12.7. The number of urea groups is 1. The van der Waals surface area contributed by atoms with Gasteiger partial charge in [0.25, 0.3) is 5.91 Å². The minimum absolute atomic E-state index is 0.0270. The van der Waals surface area contributed by atoms with Crippen LogP contribution in [-0.2, 0) is 13.5 Å². The second kappa shape index (κ2) is 7.59. The average molecular weight is 355 g/mol. The predicted octanol–water partition coefficient (Wildman–Crippen LogP) is 2.76. The number of hydrogen-bond donors (Lipinski definition) is 3. The zero-order chi connectivity index (χ0) is 18.7. The molecule has 0 aliphatic heterocycles. The summed E-state index contributed by atoms with van der Waals surface area (Å²) in [6.07, 6.45) is 4.75. The van der Waals surface area contributed by atoms with Crippen LogP contribution >= 0.6 is 0 Å². The Morgan fingerprint density at radius 3 is 2.88 bits per heavy atom. The van der Waals surface area contributed by atoms with Gasteiger partial charge in [0.15, 0.2) is 0 Å². The maximum absolute atomic E-state index is 12.7. The van der Waals surface area contributed by atoms with Gasteiger partial charge in [-0.2, -0.15) is 5.10 Å². The second-order valence-corrected chi connectivity index (χ2v) is 6.92. The van der Waals surface area contributed by atoms with Crippen LogP contribution in [0.15, 0.2) is 30.5 Å². The first-order valence-corrected chi connectivity index (χ1v) is 8.93. The van der Waals surface area contributed by atoms with E-state index >= 15 is 0 Å². The van der Waals surface area contributed by atoms with Gasteiger partial charge in [0.1, 0.15) is 0 Å². The highest BCUT2D eigenvalue weighted by Crippen LogP contribution is 2.29. The van der Waals surface area contributed by atoms with Crippen LogP contribution in [-0.4, -0.2) is 27.8 Å². The van der Waals surface area contributed by atoms with E-state index in [-0.39, 0.29) is 24.0 Å². The van der Waals surface area contributed by atoms with Gasteiger partial charge in [-0.25, -0.2) is 4.79 Å². The predicted molar refractivity (Wildman–Crippen MR) is 100 cm³/mol. The third-order valence-electron chi connectivity index (χ3n) is 4.48. The Kier molecular flexibility index (Phi) is 5.25. The van der Waals surface area contributed by atoms with Crippen LogP contribution in [0.1, 0.15) is 54.3 Å². The van der Waals surface area contributed by atoms with E-state index < -0.39 is 0 Å². The summed E-state index contributed by atoms with van der Waals surface area (Å²) in [5, 5.41) is 12.9. The smallest absolute Gasteiger partial charge is 0.319 e. The van der Waals surface area contributed by atoms with Crippen LogP contribution in [0.3, 0.4) is 0 Å². The average Bonchev–Trinajstić information content (AvgIpc) is 2.97. The molecule has 1 unspecified atom stereocenters. The van der Waals surface area contributed by atoms with E-state index in [4.69, 9.17) is 0 Å². The van der Waals surface area contributed by atoms with E-state index in [1.165, 1.54) is 5.69 Å². The largest absolute Gasteiger partial charge is 0.345 e. The SMILES string of the molecule is CC(C)NC(=O)Nc1cccc(C(=O)NC2CCCc3c2cnn3C)c1. The zero-order valence-electron chi connectivity index (χ0n) is 15.4. The van der Waals surface area contributed by atoms with E-state index in [1.54, 1.807) is 24.3 Å². The lowest BCUT2D eigenvalue weighted by atomic mass is 9.92. The number of aromatic nitrogens is 2. The van der Waals surface area contributed by atoms with Crippen LogP contribution in [0.25, 0.3) is 0 Å². The van der Waals surface area contributed by atoms with Gasteiger partial charge >= 0.3 is 6.03 Å². The van der Waals surface area contributed by atoms with Crippen LogP contribution < -0.4 is 16.0 Å². The Bertz CT molecular complexity index is 812. The van der Waals surface area contributed by atoms with E-state index in [0.717, 1.165) is 24.8 Å². The molecule has 138 valence electrons. The van der Waals surface area contributed by atoms with E-state index in [1.807, 2.05) is 31.8 Å². The molecule has 3 N–H and O–H groups in total. The van der Waals surface area contributed by atoms with E-state index in [2.05, 4.69) is 21.0 Å². The summed E-state index contributed by atoms with van der Waals surface area (Å²) in [5.41, 5.74) is 3.38. The molecule has 7 nitrogen and oxygen atoms in total. The van der Waals surface area contributed by atoms with Crippen molar-refractivity contribution in [3.63, 3.8) is 0 Å². The third-order valence-corrected chi connectivity index (χ3v) is 4.48. The number of amides is 3. The van der Waals surface area contributed by atoms with Crippen molar-refractivity contribution in [2.45, 2.75) is 45.2 Å². The number of aryl methyl sites for hydroxylation is 1. The molecule has 1 aromatic heterocycles. The highest BCUT2D eigenvalue weighted by Gasteiger charge is 2.25. The van der Waals surface area contributed by atoms with Crippen molar-refractivity contribution in [3.05, 3.63) is 47.3 Å². The van der Waals surface area contributed by atoms with Crippen molar-refractivity contribution < 1.29 is 9.59 Å². The molecule has 0 saturated heterocycles. The molecular formula is C19H25N5O2. The van der Waals surface area contributed by atoms with Crippen LogP contribution in [0.2, 0.25) is 0 Å². The Morgan fingerprint density at radius 1 is 1.31 bits per heavy atom. The molecule has 0 spiro atoms. The topological polar surface area (TPSA) is 88.1 Å². The molecule has 0 bridgehead atoms. The lowest BCUT2D eigenvalue weighted by molar-refractivity contribution is 0.0932. The monoisotopic (exact) mass is 355 g/mol. The van der Waals surface area contributed by atoms with Crippen molar-refractivity contribution in [1.82, 2.24) is 20.4 Å². The highest BCUT2D eigenvalue weighted by molar-refractivity contribution is 5.97. The van der Waals surface area contributed by atoms with Crippen molar-refractivity contribution in [3.8, 4) is 0 Å². The quantitative estimate of drug-likeness (QED) is 0.788. The number of rotatable bonds is 4. The van der Waals surface area contributed by atoms with E-state index in [9.17, 15) is 9.59 Å². The molecule has 7 heteroatoms. The number of benzene rings is 1. The summed E-state index contributed by atoms with van der Waals surface area (Å²) in [7, 11) is 1.93. The number of carbonyl (C=O) groups excluding carboxylic acids is 2. The van der Waals surface area contributed by atoms with Gasteiger partial charge < -0.3 is 16.0 Å². The molecule has 2 aromatic rings. The molecule has 1 aliphatic carbocycles. The minimum atomic E-state index is -0.287. The first kappa shape index (κ1) is 18.0. The Hall–Kier alpha value is -2.83. The number of fused-ring (bicyclic) bond motifs is 1. The highest BCUT2D eigenvalue weighted by atomic mass is 16.2. The van der Waals surface area contributed by atoms with Crippen molar-refractivity contribution in [2.24, 2.45) is 7.05 Å². The molecule has 26 heavy (non-hydrogen) atoms. The lowest BCUT2D eigenvalue weighted by Crippen LogP contribution is -2.34. The molecule has 1 heterocycles. The first-order valence-electron chi connectivity index (χ1n) is 8.93. The normalized spacial score (nSPS) is 16.1. The number of anilines is 1. The van der Waals surface area contributed by atoms with Gasteiger partial charge in [0, 0.05) is 35.6 Å². The van der Waals surface area contributed by atoms with Gasteiger partial charge in [0.05, 0.1) is 12.2 Å². The Labute approximate surface area is 153 Å². The number of carbonyl (C=O) groups is 2. The molecular weight excluding hydrogens is 330 g/mol. The van der Waals surface area contributed by atoms with Gasteiger partial charge in [-0.05, 0) is 51.3 Å². The van der Waals surface area contributed by atoms with Crippen molar-refractivity contribution in [2.75, 3.05) is 5.32 Å². The zero-order valence-corrected chi connectivity index (χ0v) is 15.4. The summed E-state index contributed by atoms with van der Waals surface area (Å²) in [6.45, 7) is 3.78. The van der Waals surface area contributed by atoms with Gasteiger partial charge in [-0.15, -0.1) is 0 Å². The molecule has 1 atom stereocenters. The number of hydrogen-bond acceptors (Lipinski definition) is 3. The number of nitrogens with zero attached hydrogens (tertiary/aromatic N) is 2. The second-order valence-electron chi connectivity index (χ2n) is 6.92. The molecule has 3 amide bonds. The van der Waals surface area contributed by atoms with Gasteiger partial charge in [0.2, 0.25) is 0 Å². The standard InChI is InChI=1S/C19H25N5O2/c1-12(2)21-19(26)22-14-7-4-6-13(10-14)18(25)23-16-8-5-9-17-15(16)11-20-24(17)3/h4,6-7,10-12,16H,5,8-9H2,1-3H3,(H,23,25)(H2,21,22,26). The summed E-state index contributed by atoms with van der Waals surface area (Å²) >= 11 is 0. The molecule has 0 fully saturated rings. The van der Waals surface area contributed by atoms with Gasteiger partial charge in [-0.1, -0.05) is 6.07 Å². The fraction of sp³-hybridized carbons (Fsp3) is 0.421. The molecule has 1 aliphatic rings. The van der Waals surface area contributed by atoms with Crippen molar-refractivity contribution in [1.29, 1.82) is 0 Å². The van der Waals surface area contributed by atoms with E-state index in [0.29, 0.717) is 11.3 Å². The fourth-order valence-electron chi connectivity index (χ4n) is 3.27. The molecule has 0 radical (unpaired) electrons. The maximum Gasteiger partial charge on any atom is 0.319 e. The Morgan fingerprint density at radius 2 is 2.12 bits per heavy atom. The Balaban J connectivity index is 1.69. The summed E-state index contributed by atoms with van der Waals surface area (Å²) in [5.74, 6) is -0.153. The summed E-state index contributed by atoms with van der Waals surface area (Å²) < 4.78 is 1.88. The molecule has 3 rings (SSSR count). The fourth-order valence-corrected chi connectivity index (χ4v) is 3.27. The minimum Gasteiger partial charge on any atom is -0.345 e. The molecule has 0 saturated carbocycles. The lowest BCUT2D eigenvalue weighted by Gasteiger charge is -2.24. The van der Waals surface area contributed by atoms with Gasteiger partial charge in [-0.3, -0.25) is 9.48 Å².